The maximum absolute atomic E-state index is 13.7. The first-order chi connectivity index (χ1) is 17.9. The zero-order valence-corrected chi connectivity index (χ0v) is 22.0. The molecule has 1 aromatic heterocycles. The fraction of sp³-hybridized carbons (Fsp3) is 0.250. The average molecular weight is 521 g/mol. The second-order valence-electron chi connectivity index (χ2n) is 8.09. The number of aromatic nitrogens is 1. The molecule has 1 atom stereocenters. The maximum atomic E-state index is 13.7. The molecule has 9 heteroatoms. The number of fused-ring (bicyclic) bond motifs is 1. The molecule has 0 unspecified atom stereocenters. The van der Waals surface area contributed by atoms with E-state index in [0.29, 0.717) is 44.5 Å². The zero-order chi connectivity index (χ0) is 26.5. The molecule has 2 aromatic carbocycles. The third kappa shape index (κ3) is 5.22. The molecule has 3 aromatic rings. The summed E-state index contributed by atoms with van der Waals surface area (Å²) >= 11 is 1.26. The van der Waals surface area contributed by atoms with E-state index < -0.39 is 12.0 Å². The van der Waals surface area contributed by atoms with Crippen LogP contribution in [0.25, 0.3) is 6.08 Å². The van der Waals surface area contributed by atoms with Gasteiger partial charge in [-0.25, -0.2) is 9.79 Å². The molecule has 0 spiro atoms. The number of carbonyl (C=O) groups excluding carboxylic acids is 1. The lowest BCUT2D eigenvalue weighted by molar-refractivity contribution is -0.139. The Balaban J connectivity index is 1.87. The number of methoxy groups -OCH3 is 2. The highest BCUT2D eigenvalue weighted by Crippen LogP contribution is 2.32. The Bertz CT molecular complexity index is 1530. The molecular formula is C28H28N2O6S. The van der Waals surface area contributed by atoms with Gasteiger partial charge < -0.3 is 18.9 Å². The van der Waals surface area contributed by atoms with Crippen molar-refractivity contribution in [3.63, 3.8) is 0 Å². The van der Waals surface area contributed by atoms with E-state index >= 15 is 0 Å². The van der Waals surface area contributed by atoms with Crippen molar-refractivity contribution < 1.29 is 23.7 Å². The highest BCUT2D eigenvalue weighted by Gasteiger charge is 2.33. The van der Waals surface area contributed by atoms with Crippen LogP contribution >= 0.6 is 11.3 Å². The van der Waals surface area contributed by atoms with Gasteiger partial charge in [-0.1, -0.05) is 42.2 Å². The molecule has 1 aliphatic heterocycles. The van der Waals surface area contributed by atoms with Crippen molar-refractivity contribution >= 4 is 23.4 Å². The summed E-state index contributed by atoms with van der Waals surface area (Å²) in [6, 6.07) is 12.0. The number of thiazole rings is 1. The number of ether oxygens (including phenoxy) is 4. The largest absolute Gasteiger partial charge is 0.493 e. The number of hydrogen-bond donors (Lipinski definition) is 0. The molecule has 0 fully saturated rings. The number of hydrogen-bond acceptors (Lipinski definition) is 8. The van der Waals surface area contributed by atoms with Crippen molar-refractivity contribution in [1.82, 2.24) is 4.57 Å². The van der Waals surface area contributed by atoms with Crippen LogP contribution in [0.3, 0.4) is 0 Å². The predicted molar refractivity (Wildman–Crippen MR) is 142 cm³/mol. The lowest BCUT2D eigenvalue weighted by atomic mass is 9.96. The number of rotatable bonds is 9. The minimum Gasteiger partial charge on any atom is -0.493 e. The first-order valence-corrected chi connectivity index (χ1v) is 12.5. The Labute approximate surface area is 218 Å². The Morgan fingerprint density at radius 2 is 1.86 bits per heavy atom. The van der Waals surface area contributed by atoms with E-state index in [0.717, 1.165) is 11.1 Å². The van der Waals surface area contributed by atoms with E-state index in [-0.39, 0.29) is 12.2 Å². The SMILES string of the molecule is C=CCOc1ccc([C@H]2C(C(=O)OCC)=C(C)N=c3sc(=Cc4ccc(OC)c(OC)c4)c(=O)n32)cc1. The molecule has 8 nitrogen and oxygen atoms in total. The summed E-state index contributed by atoms with van der Waals surface area (Å²) in [4.78, 5) is 31.9. The van der Waals surface area contributed by atoms with Crippen LogP contribution in [-0.2, 0) is 9.53 Å². The molecule has 0 saturated carbocycles. The van der Waals surface area contributed by atoms with Gasteiger partial charge in [0, 0.05) is 0 Å². The van der Waals surface area contributed by atoms with E-state index in [1.807, 2.05) is 18.2 Å². The van der Waals surface area contributed by atoms with Gasteiger partial charge in [0.1, 0.15) is 12.4 Å². The van der Waals surface area contributed by atoms with Crippen LogP contribution in [0.5, 0.6) is 17.2 Å². The van der Waals surface area contributed by atoms with Gasteiger partial charge in [0.25, 0.3) is 5.56 Å². The summed E-state index contributed by atoms with van der Waals surface area (Å²) < 4.78 is 23.7. The van der Waals surface area contributed by atoms with Gasteiger partial charge in [-0.05, 0) is 55.3 Å². The number of carbonyl (C=O) groups is 1. The van der Waals surface area contributed by atoms with Crippen LogP contribution in [0, 0.1) is 0 Å². The van der Waals surface area contributed by atoms with Crippen molar-refractivity contribution in [3.05, 3.63) is 97.2 Å². The first-order valence-electron chi connectivity index (χ1n) is 11.7. The molecule has 0 amide bonds. The van der Waals surface area contributed by atoms with Gasteiger partial charge in [0.2, 0.25) is 0 Å². The summed E-state index contributed by atoms with van der Waals surface area (Å²) in [6.07, 6.45) is 3.44. The molecule has 37 heavy (non-hydrogen) atoms. The Morgan fingerprint density at radius 1 is 1.14 bits per heavy atom. The van der Waals surface area contributed by atoms with Crippen molar-refractivity contribution in [2.24, 2.45) is 4.99 Å². The third-order valence-electron chi connectivity index (χ3n) is 5.79. The first kappa shape index (κ1) is 26.0. The van der Waals surface area contributed by atoms with Crippen LogP contribution in [-0.4, -0.2) is 38.0 Å². The van der Waals surface area contributed by atoms with Gasteiger partial charge >= 0.3 is 5.97 Å². The van der Waals surface area contributed by atoms with Crippen LogP contribution in [0.2, 0.25) is 0 Å². The predicted octanol–water partition coefficient (Wildman–Crippen LogP) is 3.38. The summed E-state index contributed by atoms with van der Waals surface area (Å²) in [5.41, 5.74) is 2.08. The molecule has 0 aliphatic carbocycles. The normalized spacial score (nSPS) is 15.0. The van der Waals surface area contributed by atoms with Crippen LogP contribution in [0.1, 0.15) is 31.0 Å². The maximum Gasteiger partial charge on any atom is 0.338 e. The Kier molecular flexibility index (Phi) is 7.93. The second kappa shape index (κ2) is 11.3. The van der Waals surface area contributed by atoms with Gasteiger partial charge in [-0.3, -0.25) is 9.36 Å². The molecule has 192 valence electrons. The fourth-order valence-electron chi connectivity index (χ4n) is 4.10. The van der Waals surface area contributed by atoms with Gasteiger partial charge in [0.05, 0.1) is 42.7 Å². The Hall–Kier alpha value is -4.11. The third-order valence-corrected chi connectivity index (χ3v) is 6.77. The standard InChI is InChI=1S/C28H28N2O6S/c1-6-14-36-20-11-9-19(10-12-20)25-24(27(32)35-7-2)17(3)29-28-30(25)26(31)23(37-28)16-18-8-13-21(33-4)22(15-18)34-5/h6,8-13,15-16,25H,1,7,14H2,2-5H3/t25-/m0/s1. The van der Waals surface area contributed by atoms with Gasteiger partial charge in [0.15, 0.2) is 16.3 Å². The topological polar surface area (TPSA) is 88.4 Å². The van der Waals surface area contributed by atoms with E-state index in [2.05, 4.69) is 11.6 Å². The average Bonchev–Trinajstić information content (AvgIpc) is 3.21. The number of benzene rings is 2. The highest BCUT2D eigenvalue weighted by atomic mass is 32.1. The summed E-state index contributed by atoms with van der Waals surface area (Å²) in [6.45, 7) is 7.74. The molecule has 2 heterocycles. The van der Waals surface area contributed by atoms with Crippen molar-refractivity contribution in [1.29, 1.82) is 0 Å². The fourth-order valence-corrected chi connectivity index (χ4v) is 5.15. The lowest BCUT2D eigenvalue weighted by Gasteiger charge is -2.24. The minimum atomic E-state index is -0.698. The quantitative estimate of drug-likeness (QED) is 0.318. The second-order valence-corrected chi connectivity index (χ2v) is 9.09. The summed E-state index contributed by atoms with van der Waals surface area (Å²) in [7, 11) is 3.13. The van der Waals surface area contributed by atoms with Gasteiger partial charge in [-0.15, -0.1) is 0 Å². The summed E-state index contributed by atoms with van der Waals surface area (Å²) in [5.74, 6) is 1.30. The molecule has 0 bridgehead atoms. The Morgan fingerprint density at radius 3 is 2.51 bits per heavy atom. The van der Waals surface area contributed by atoms with Crippen LogP contribution < -0.4 is 29.1 Å². The van der Waals surface area contributed by atoms with Crippen molar-refractivity contribution in [2.75, 3.05) is 27.4 Å². The molecule has 4 rings (SSSR count). The smallest absolute Gasteiger partial charge is 0.338 e. The van der Waals surface area contributed by atoms with E-state index in [1.54, 1.807) is 69.1 Å². The van der Waals surface area contributed by atoms with Gasteiger partial charge in [-0.2, -0.15) is 0 Å². The monoisotopic (exact) mass is 520 g/mol. The molecule has 0 saturated heterocycles. The molecule has 1 aliphatic rings. The van der Waals surface area contributed by atoms with Crippen molar-refractivity contribution in [3.8, 4) is 17.2 Å². The number of nitrogens with zero attached hydrogens (tertiary/aromatic N) is 2. The molecule has 0 N–H and O–H groups in total. The van der Waals surface area contributed by atoms with Crippen LogP contribution in [0.4, 0.5) is 0 Å². The van der Waals surface area contributed by atoms with Crippen LogP contribution in [0.15, 0.2) is 76.2 Å². The van der Waals surface area contributed by atoms with E-state index in [9.17, 15) is 9.59 Å². The molecule has 0 radical (unpaired) electrons. The zero-order valence-electron chi connectivity index (χ0n) is 21.1. The van der Waals surface area contributed by atoms with Crippen molar-refractivity contribution in [2.45, 2.75) is 19.9 Å². The number of esters is 1. The number of allylic oxidation sites excluding steroid dienone is 1. The van der Waals surface area contributed by atoms with E-state index in [4.69, 9.17) is 18.9 Å². The lowest BCUT2D eigenvalue weighted by Crippen LogP contribution is -2.39. The highest BCUT2D eigenvalue weighted by molar-refractivity contribution is 7.07. The summed E-state index contributed by atoms with van der Waals surface area (Å²) in [5, 5.41) is 0. The van der Waals surface area contributed by atoms with E-state index in [1.165, 1.54) is 11.3 Å². The minimum absolute atomic E-state index is 0.209. The molecular weight excluding hydrogens is 492 g/mol.